The van der Waals surface area contributed by atoms with Crippen LogP contribution in [0.15, 0.2) is 18.2 Å². The Kier molecular flexibility index (Phi) is 3.93. The highest BCUT2D eigenvalue weighted by molar-refractivity contribution is 5.81. The highest BCUT2D eigenvalue weighted by atomic mass is 19.1. The first-order valence-corrected chi connectivity index (χ1v) is 8.95. The lowest BCUT2D eigenvalue weighted by atomic mass is 9.68. The van der Waals surface area contributed by atoms with Crippen LogP contribution < -0.4 is 5.32 Å². The van der Waals surface area contributed by atoms with Gasteiger partial charge in [0.2, 0.25) is 5.91 Å². The molecule has 0 atom stereocenters. The first-order valence-electron chi connectivity index (χ1n) is 8.95. The first-order chi connectivity index (χ1) is 11.9. The monoisotopic (exact) mass is 346 g/mol. The molecule has 4 rings (SSSR count). The summed E-state index contributed by atoms with van der Waals surface area (Å²) in [7, 11) is 0. The third-order valence-corrected chi connectivity index (χ3v) is 5.81. The number of hydrogen-bond donors (Lipinski definition) is 1. The molecule has 1 spiro atoms. The van der Waals surface area contributed by atoms with Crippen LogP contribution in [0.1, 0.15) is 42.7 Å². The van der Waals surface area contributed by atoms with Crippen molar-refractivity contribution in [2.75, 3.05) is 19.7 Å². The van der Waals surface area contributed by atoms with E-state index in [2.05, 4.69) is 5.32 Å². The average molecular weight is 346 g/mol. The van der Waals surface area contributed by atoms with E-state index in [0.29, 0.717) is 38.5 Å². The minimum Gasteiger partial charge on any atom is -0.447 e. The molecule has 1 aliphatic carbocycles. The lowest BCUT2D eigenvalue weighted by Crippen LogP contribution is -2.58. The molecular weight excluding hydrogens is 323 g/mol. The van der Waals surface area contributed by atoms with E-state index >= 15 is 0 Å². The molecule has 1 N–H and O–H groups in total. The summed E-state index contributed by atoms with van der Waals surface area (Å²) in [6, 6.07) is 5.21. The summed E-state index contributed by atoms with van der Waals surface area (Å²) in [5, 5.41) is 2.83. The molecule has 3 fully saturated rings. The molecule has 1 aromatic rings. The summed E-state index contributed by atoms with van der Waals surface area (Å²) in [5.74, 6) is 0.290. The van der Waals surface area contributed by atoms with Crippen LogP contribution in [0.25, 0.3) is 0 Å². The van der Waals surface area contributed by atoms with Gasteiger partial charge in [-0.3, -0.25) is 4.79 Å². The topological polar surface area (TPSA) is 58.6 Å². The Morgan fingerprint density at radius 1 is 1.28 bits per heavy atom. The van der Waals surface area contributed by atoms with Gasteiger partial charge >= 0.3 is 6.09 Å². The van der Waals surface area contributed by atoms with Crippen LogP contribution >= 0.6 is 0 Å². The van der Waals surface area contributed by atoms with E-state index in [1.807, 2.05) is 17.9 Å². The Balaban J connectivity index is 1.32. The van der Waals surface area contributed by atoms with E-state index in [4.69, 9.17) is 4.74 Å². The molecule has 25 heavy (non-hydrogen) atoms. The maximum absolute atomic E-state index is 13.6. The Morgan fingerprint density at radius 2 is 2.00 bits per heavy atom. The second-order valence-corrected chi connectivity index (χ2v) is 7.75. The summed E-state index contributed by atoms with van der Waals surface area (Å²) in [6.07, 6.45) is 2.69. The second kappa shape index (κ2) is 6.00. The minimum absolute atomic E-state index is 0.0186. The molecule has 0 aromatic heterocycles. The number of amides is 2. The maximum Gasteiger partial charge on any atom is 0.407 e. The smallest absolute Gasteiger partial charge is 0.407 e. The number of cyclic esters (lactones) is 1. The highest BCUT2D eigenvalue weighted by Gasteiger charge is 2.53. The molecule has 3 aliphatic rings. The second-order valence-electron chi connectivity index (χ2n) is 7.75. The number of hydrogen-bond acceptors (Lipinski definition) is 3. The van der Waals surface area contributed by atoms with Gasteiger partial charge in [0, 0.05) is 19.0 Å². The number of rotatable bonds is 2. The fourth-order valence-electron chi connectivity index (χ4n) is 4.46. The zero-order valence-corrected chi connectivity index (χ0v) is 14.4. The van der Waals surface area contributed by atoms with Gasteiger partial charge < -0.3 is 15.0 Å². The van der Waals surface area contributed by atoms with Gasteiger partial charge in [-0.1, -0.05) is 6.07 Å². The Hall–Kier alpha value is -2.11. The molecule has 0 bridgehead atoms. The van der Waals surface area contributed by atoms with Crippen molar-refractivity contribution >= 4 is 12.0 Å². The van der Waals surface area contributed by atoms with Crippen LogP contribution in [0.2, 0.25) is 0 Å². The number of likely N-dealkylation sites (tertiary alicyclic amines) is 1. The van der Waals surface area contributed by atoms with Gasteiger partial charge in [0.25, 0.3) is 0 Å². The number of ether oxygens (including phenoxy) is 1. The quantitative estimate of drug-likeness (QED) is 0.896. The molecule has 2 heterocycles. The number of carbonyl (C=O) groups is 2. The van der Waals surface area contributed by atoms with E-state index in [-0.39, 0.29) is 29.3 Å². The average Bonchev–Trinajstić information content (AvgIpc) is 2.94. The number of halogens is 1. The van der Waals surface area contributed by atoms with Gasteiger partial charge in [-0.15, -0.1) is 0 Å². The Bertz CT molecular complexity index is 686. The molecule has 134 valence electrons. The molecular formula is C19H23FN2O3. The van der Waals surface area contributed by atoms with Gasteiger partial charge in [-0.25, -0.2) is 9.18 Å². The third kappa shape index (κ3) is 3.10. The standard InChI is InChI=1S/C19H23FN2O3/c1-12-6-14(8-16(20)7-12)13-2-4-22(5-3-13)17(23)15-9-19(10-15)11-25-18(24)21-19/h6-8,13,15H,2-5,9-11H2,1H3,(H,21,24)/t15-,19+. The van der Waals surface area contributed by atoms with Crippen molar-refractivity contribution < 1.29 is 18.7 Å². The summed E-state index contributed by atoms with van der Waals surface area (Å²) in [5.41, 5.74) is 1.67. The van der Waals surface area contributed by atoms with Crippen LogP contribution in [0, 0.1) is 18.7 Å². The van der Waals surface area contributed by atoms with Crippen molar-refractivity contribution in [2.24, 2.45) is 5.92 Å². The summed E-state index contributed by atoms with van der Waals surface area (Å²) in [6.45, 7) is 3.70. The molecule has 6 heteroatoms. The van der Waals surface area contributed by atoms with Gasteiger partial charge in [-0.05, 0) is 61.8 Å². The van der Waals surface area contributed by atoms with Crippen LogP contribution in [-0.4, -0.2) is 42.1 Å². The molecule has 1 aromatic carbocycles. The van der Waals surface area contributed by atoms with Crippen molar-refractivity contribution in [1.29, 1.82) is 0 Å². The number of alkyl carbamates (subject to hydrolysis) is 1. The molecule has 0 radical (unpaired) electrons. The Morgan fingerprint density at radius 3 is 2.60 bits per heavy atom. The summed E-state index contributed by atoms with van der Waals surface area (Å²) < 4.78 is 18.6. The molecule has 5 nitrogen and oxygen atoms in total. The van der Waals surface area contributed by atoms with Crippen LogP contribution in [0.5, 0.6) is 0 Å². The molecule has 1 saturated carbocycles. The summed E-state index contributed by atoms with van der Waals surface area (Å²) in [4.78, 5) is 25.8. The number of nitrogens with zero attached hydrogens (tertiary/aromatic N) is 1. The highest BCUT2D eigenvalue weighted by Crippen LogP contribution is 2.42. The van der Waals surface area contributed by atoms with Crippen LogP contribution in [0.3, 0.4) is 0 Å². The van der Waals surface area contributed by atoms with Crippen molar-refractivity contribution in [2.45, 2.75) is 44.1 Å². The van der Waals surface area contributed by atoms with Crippen LogP contribution in [-0.2, 0) is 9.53 Å². The lowest BCUT2D eigenvalue weighted by Gasteiger charge is -2.45. The summed E-state index contributed by atoms with van der Waals surface area (Å²) >= 11 is 0. The normalized spacial score (nSPS) is 29.3. The van der Waals surface area contributed by atoms with Gasteiger partial charge in [0.15, 0.2) is 0 Å². The minimum atomic E-state index is -0.378. The van der Waals surface area contributed by atoms with Gasteiger partial charge in [0.1, 0.15) is 12.4 Å². The van der Waals surface area contributed by atoms with Crippen molar-refractivity contribution in [3.8, 4) is 0 Å². The first kappa shape index (κ1) is 16.4. The predicted molar refractivity (Wildman–Crippen MR) is 89.6 cm³/mol. The third-order valence-electron chi connectivity index (χ3n) is 5.81. The molecule has 0 unspecified atom stereocenters. The van der Waals surface area contributed by atoms with Crippen molar-refractivity contribution in [1.82, 2.24) is 10.2 Å². The number of benzene rings is 1. The van der Waals surface area contributed by atoms with Crippen molar-refractivity contribution in [3.05, 3.63) is 35.1 Å². The SMILES string of the molecule is Cc1cc(F)cc(C2CCN(C(=O)[C@H]3C[C@]4(COC(=O)N4)C3)CC2)c1. The largest absolute Gasteiger partial charge is 0.447 e. The van der Waals surface area contributed by atoms with E-state index in [9.17, 15) is 14.0 Å². The maximum atomic E-state index is 13.6. The fraction of sp³-hybridized carbons (Fsp3) is 0.579. The molecule has 2 saturated heterocycles. The number of carbonyl (C=O) groups excluding carboxylic acids is 2. The fourth-order valence-corrected chi connectivity index (χ4v) is 4.46. The number of nitrogens with one attached hydrogen (secondary N) is 1. The van der Waals surface area contributed by atoms with E-state index in [1.54, 1.807) is 12.1 Å². The lowest BCUT2D eigenvalue weighted by molar-refractivity contribution is -0.142. The van der Waals surface area contributed by atoms with Gasteiger partial charge in [-0.2, -0.15) is 0 Å². The van der Waals surface area contributed by atoms with E-state index in [0.717, 1.165) is 24.0 Å². The molecule has 2 aliphatic heterocycles. The Labute approximate surface area is 146 Å². The van der Waals surface area contributed by atoms with E-state index in [1.165, 1.54) is 0 Å². The molecule has 2 amide bonds. The van der Waals surface area contributed by atoms with Gasteiger partial charge in [0.05, 0.1) is 5.54 Å². The number of aryl methyl sites for hydroxylation is 1. The zero-order chi connectivity index (χ0) is 17.6. The van der Waals surface area contributed by atoms with E-state index < -0.39 is 0 Å². The van der Waals surface area contributed by atoms with Crippen molar-refractivity contribution in [3.63, 3.8) is 0 Å². The van der Waals surface area contributed by atoms with Crippen LogP contribution in [0.4, 0.5) is 9.18 Å². The predicted octanol–water partition coefficient (Wildman–Crippen LogP) is 2.73. The number of piperidine rings is 1. The zero-order valence-electron chi connectivity index (χ0n) is 14.4.